The lowest BCUT2D eigenvalue weighted by Gasteiger charge is -2.24. The number of carbonyl (C=O) groups excluding carboxylic acids is 3. The van der Waals surface area contributed by atoms with Crippen molar-refractivity contribution in [3.05, 3.63) is 53.1 Å². The van der Waals surface area contributed by atoms with E-state index in [1.165, 1.54) is 21.3 Å². The molecule has 0 unspecified atom stereocenters. The number of benzene rings is 1. The smallest absolute Gasteiger partial charge is 0.338 e. The van der Waals surface area contributed by atoms with Crippen molar-refractivity contribution in [3.8, 4) is 0 Å². The second kappa shape index (κ2) is 7.39. The second-order valence-corrected chi connectivity index (χ2v) is 6.82. The Bertz CT molecular complexity index is 817. The molecule has 0 aromatic heterocycles. The molecule has 27 heavy (non-hydrogen) atoms. The minimum Gasteiger partial charge on any atom is -0.468 e. The van der Waals surface area contributed by atoms with E-state index in [1.807, 2.05) is 30.3 Å². The fourth-order valence-electron chi connectivity index (χ4n) is 4.11. The summed E-state index contributed by atoms with van der Waals surface area (Å²) < 4.78 is 14.8. The van der Waals surface area contributed by atoms with Crippen molar-refractivity contribution in [3.63, 3.8) is 0 Å². The average Bonchev–Trinajstić information content (AvgIpc) is 3.11. The van der Waals surface area contributed by atoms with E-state index < -0.39 is 23.3 Å². The Morgan fingerprint density at radius 1 is 0.963 bits per heavy atom. The number of hydrogen-bond acceptors (Lipinski definition) is 6. The Hall–Kier alpha value is -2.89. The van der Waals surface area contributed by atoms with Crippen LogP contribution in [0.5, 0.6) is 0 Å². The number of esters is 3. The maximum Gasteiger partial charge on any atom is 0.338 e. The molecule has 6 heteroatoms. The molecule has 2 aliphatic carbocycles. The Kier molecular flexibility index (Phi) is 5.17. The Morgan fingerprint density at radius 2 is 1.59 bits per heavy atom. The lowest BCUT2D eigenvalue weighted by Crippen LogP contribution is -2.39. The van der Waals surface area contributed by atoms with Crippen LogP contribution >= 0.6 is 0 Å². The lowest BCUT2D eigenvalue weighted by atomic mass is 9.81. The molecule has 1 atom stereocenters. The van der Waals surface area contributed by atoms with Gasteiger partial charge in [0.05, 0.1) is 26.9 Å². The quantitative estimate of drug-likeness (QED) is 0.461. The first-order chi connectivity index (χ1) is 13.0. The maximum atomic E-state index is 12.4. The molecule has 142 valence electrons. The van der Waals surface area contributed by atoms with Crippen LogP contribution in [0.4, 0.5) is 0 Å². The van der Waals surface area contributed by atoms with Crippen molar-refractivity contribution < 1.29 is 28.6 Å². The normalized spacial score (nSPS) is 20.4. The first-order valence-corrected chi connectivity index (χ1v) is 8.71. The zero-order valence-corrected chi connectivity index (χ0v) is 15.6. The Balaban J connectivity index is 2.04. The van der Waals surface area contributed by atoms with Crippen molar-refractivity contribution in [1.29, 1.82) is 0 Å². The summed E-state index contributed by atoms with van der Waals surface area (Å²) in [5.41, 5.74) is 1.72. The standard InChI is InChI=1S/C21H22O6/c1-25-18(22)17-10-15-12-21(19(23)26-2,20(24)27-3)11-14(15)9-16(17)13-7-5-4-6-8-13/h4-8,10,14H,9,11-12H2,1-3H3/t14-/m1/s1. The molecular formula is C21H22O6. The highest BCUT2D eigenvalue weighted by Gasteiger charge is 2.56. The van der Waals surface area contributed by atoms with Gasteiger partial charge < -0.3 is 14.2 Å². The van der Waals surface area contributed by atoms with Gasteiger partial charge in [0.2, 0.25) is 0 Å². The van der Waals surface area contributed by atoms with Gasteiger partial charge in [-0.3, -0.25) is 9.59 Å². The number of hydrogen-bond donors (Lipinski definition) is 0. The fraction of sp³-hybridized carbons (Fsp3) is 0.381. The van der Waals surface area contributed by atoms with Crippen LogP contribution < -0.4 is 0 Å². The predicted octanol–water partition coefficient (Wildman–Crippen LogP) is 2.69. The highest BCUT2D eigenvalue weighted by atomic mass is 16.5. The van der Waals surface area contributed by atoms with Crippen LogP contribution in [-0.4, -0.2) is 39.2 Å². The third-order valence-electron chi connectivity index (χ3n) is 5.41. The first-order valence-electron chi connectivity index (χ1n) is 8.71. The van der Waals surface area contributed by atoms with Crippen molar-refractivity contribution in [2.75, 3.05) is 21.3 Å². The number of rotatable bonds is 4. The Morgan fingerprint density at radius 3 is 2.15 bits per heavy atom. The summed E-state index contributed by atoms with van der Waals surface area (Å²) >= 11 is 0. The fourth-order valence-corrected chi connectivity index (χ4v) is 4.11. The number of methoxy groups -OCH3 is 3. The minimum absolute atomic E-state index is 0.0492. The van der Waals surface area contributed by atoms with Gasteiger partial charge in [0.1, 0.15) is 0 Å². The predicted molar refractivity (Wildman–Crippen MR) is 97.3 cm³/mol. The molecule has 1 aromatic carbocycles. The number of ether oxygens (including phenoxy) is 3. The lowest BCUT2D eigenvalue weighted by molar-refractivity contribution is -0.168. The average molecular weight is 370 g/mol. The first kappa shape index (κ1) is 18.9. The van der Waals surface area contributed by atoms with Crippen LogP contribution in [0.3, 0.4) is 0 Å². The molecule has 0 N–H and O–H groups in total. The molecule has 1 fully saturated rings. The topological polar surface area (TPSA) is 78.9 Å². The molecular weight excluding hydrogens is 348 g/mol. The van der Waals surface area contributed by atoms with Crippen LogP contribution in [0, 0.1) is 11.3 Å². The van der Waals surface area contributed by atoms with Gasteiger partial charge in [-0.2, -0.15) is 0 Å². The summed E-state index contributed by atoms with van der Waals surface area (Å²) in [6.45, 7) is 0. The van der Waals surface area contributed by atoms with Gasteiger partial charge in [0, 0.05) is 0 Å². The van der Waals surface area contributed by atoms with Crippen LogP contribution in [-0.2, 0) is 28.6 Å². The largest absolute Gasteiger partial charge is 0.468 e. The number of allylic oxidation sites excluding steroid dienone is 2. The van der Waals surface area contributed by atoms with Gasteiger partial charge in [-0.05, 0) is 42.4 Å². The van der Waals surface area contributed by atoms with E-state index in [2.05, 4.69) is 0 Å². The number of carbonyl (C=O) groups is 3. The Labute approximate surface area is 157 Å². The SMILES string of the molecule is COC(=O)C1=C(c2ccccc2)C[C@@H]2CC(C(=O)OC)(C(=O)OC)CC2=C1. The minimum atomic E-state index is -1.37. The third kappa shape index (κ3) is 3.16. The summed E-state index contributed by atoms with van der Waals surface area (Å²) in [4.78, 5) is 37.3. The molecule has 6 nitrogen and oxygen atoms in total. The molecule has 0 spiro atoms. The highest BCUT2D eigenvalue weighted by Crippen LogP contribution is 2.52. The highest BCUT2D eigenvalue weighted by molar-refractivity contribution is 6.03. The summed E-state index contributed by atoms with van der Waals surface area (Å²) in [5, 5.41) is 0. The van der Waals surface area contributed by atoms with Crippen LogP contribution in [0.15, 0.2) is 47.6 Å². The zero-order chi connectivity index (χ0) is 19.6. The molecule has 1 aromatic rings. The van der Waals surface area contributed by atoms with E-state index in [-0.39, 0.29) is 12.3 Å². The van der Waals surface area contributed by atoms with Crippen LogP contribution in [0.25, 0.3) is 5.57 Å². The summed E-state index contributed by atoms with van der Waals surface area (Å²) in [7, 11) is 3.86. The van der Waals surface area contributed by atoms with Crippen molar-refractivity contribution in [2.45, 2.75) is 19.3 Å². The summed E-state index contributed by atoms with van der Waals surface area (Å²) in [5.74, 6) is -1.70. The molecule has 1 saturated carbocycles. The molecule has 2 aliphatic rings. The second-order valence-electron chi connectivity index (χ2n) is 6.82. The molecule has 0 amide bonds. The monoisotopic (exact) mass is 370 g/mol. The number of fused-ring (bicyclic) bond motifs is 1. The maximum absolute atomic E-state index is 12.4. The summed E-state index contributed by atoms with van der Waals surface area (Å²) in [6, 6.07) is 9.57. The van der Waals surface area contributed by atoms with Gasteiger partial charge in [-0.25, -0.2) is 4.79 Å². The van der Waals surface area contributed by atoms with Gasteiger partial charge in [-0.15, -0.1) is 0 Å². The van der Waals surface area contributed by atoms with Crippen molar-refractivity contribution in [1.82, 2.24) is 0 Å². The molecule has 0 saturated heterocycles. The molecule has 0 radical (unpaired) electrons. The zero-order valence-electron chi connectivity index (χ0n) is 15.6. The van der Waals surface area contributed by atoms with E-state index in [4.69, 9.17) is 14.2 Å². The van der Waals surface area contributed by atoms with Gasteiger partial charge in [-0.1, -0.05) is 35.9 Å². The van der Waals surface area contributed by atoms with Gasteiger partial charge in [0.15, 0.2) is 5.41 Å². The molecule has 3 rings (SSSR count). The molecule has 0 heterocycles. The van der Waals surface area contributed by atoms with E-state index in [0.717, 1.165) is 16.7 Å². The van der Waals surface area contributed by atoms with Crippen molar-refractivity contribution in [2.24, 2.45) is 11.3 Å². The molecule has 0 aliphatic heterocycles. The van der Waals surface area contributed by atoms with Crippen LogP contribution in [0.2, 0.25) is 0 Å². The van der Waals surface area contributed by atoms with Crippen LogP contribution in [0.1, 0.15) is 24.8 Å². The van der Waals surface area contributed by atoms with E-state index >= 15 is 0 Å². The molecule has 0 bridgehead atoms. The third-order valence-corrected chi connectivity index (χ3v) is 5.41. The van der Waals surface area contributed by atoms with E-state index in [0.29, 0.717) is 18.4 Å². The van der Waals surface area contributed by atoms with Gasteiger partial charge >= 0.3 is 17.9 Å². The van der Waals surface area contributed by atoms with E-state index in [1.54, 1.807) is 6.08 Å². The van der Waals surface area contributed by atoms with Crippen molar-refractivity contribution >= 4 is 23.5 Å². The van der Waals surface area contributed by atoms with Gasteiger partial charge in [0.25, 0.3) is 0 Å². The summed E-state index contributed by atoms with van der Waals surface area (Å²) in [6.07, 6.45) is 2.77. The van der Waals surface area contributed by atoms with E-state index in [9.17, 15) is 14.4 Å².